The molecule has 0 unspecified atom stereocenters. The van der Waals surface area contributed by atoms with Gasteiger partial charge in [0.05, 0.1) is 23.6 Å². The first kappa shape index (κ1) is 18.4. The zero-order valence-corrected chi connectivity index (χ0v) is 15.5. The number of amides is 1. The average Bonchev–Trinajstić information content (AvgIpc) is 3.11. The fourth-order valence-electron chi connectivity index (χ4n) is 2.26. The molecule has 0 radical (unpaired) electrons. The van der Waals surface area contributed by atoms with Crippen molar-refractivity contribution in [3.63, 3.8) is 0 Å². The highest BCUT2D eigenvalue weighted by Crippen LogP contribution is 2.33. The summed E-state index contributed by atoms with van der Waals surface area (Å²) in [7, 11) is 0. The van der Waals surface area contributed by atoms with Crippen LogP contribution >= 0.6 is 22.6 Å². The SMILES string of the molecule is Cc1ccc(C(=O)Nc2cc(-n3ccnn3)cc(C(F)(F)F)c2)cc1I. The van der Waals surface area contributed by atoms with Gasteiger partial charge in [-0.1, -0.05) is 11.3 Å². The Morgan fingerprint density at radius 2 is 1.96 bits per heavy atom. The second kappa shape index (κ2) is 7.06. The van der Waals surface area contributed by atoms with E-state index in [1.165, 1.54) is 23.1 Å². The molecule has 1 aromatic heterocycles. The van der Waals surface area contributed by atoms with E-state index in [2.05, 4.69) is 38.2 Å². The summed E-state index contributed by atoms with van der Waals surface area (Å²) in [5.74, 6) is -0.494. The maximum Gasteiger partial charge on any atom is 0.416 e. The van der Waals surface area contributed by atoms with Crippen LogP contribution in [0.4, 0.5) is 18.9 Å². The first-order valence-corrected chi connectivity index (χ1v) is 8.48. The minimum Gasteiger partial charge on any atom is -0.322 e. The number of alkyl halides is 3. The number of carbonyl (C=O) groups excluding carboxylic acids is 1. The van der Waals surface area contributed by atoms with Crippen molar-refractivity contribution in [3.8, 4) is 5.69 Å². The molecule has 3 aromatic rings. The van der Waals surface area contributed by atoms with Crippen molar-refractivity contribution < 1.29 is 18.0 Å². The third kappa shape index (κ3) is 4.03. The van der Waals surface area contributed by atoms with E-state index in [1.54, 1.807) is 18.2 Å². The molecule has 0 spiro atoms. The lowest BCUT2D eigenvalue weighted by Crippen LogP contribution is -2.14. The summed E-state index contributed by atoms with van der Waals surface area (Å²) in [6, 6.07) is 8.32. The summed E-state index contributed by atoms with van der Waals surface area (Å²) < 4.78 is 41.7. The number of rotatable bonds is 3. The lowest BCUT2D eigenvalue weighted by molar-refractivity contribution is -0.137. The molecule has 0 aliphatic heterocycles. The van der Waals surface area contributed by atoms with Gasteiger partial charge >= 0.3 is 6.18 Å². The van der Waals surface area contributed by atoms with E-state index in [-0.39, 0.29) is 11.4 Å². The van der Waals surface area contributed by atoms with Crippen molar-refractivity contribution in [2.24, 2.45) is 0 Å². The van der Waals surface area contributed by atoms with Crippen molar-refractivity contribution >= 4 is 34.2 Å². The van der Waals surface area contributed by atoms with Crippen LogP contribution in [0.15, 0.2) is 48.8 Å². The molecule has 1 N–H and O–H groups in total. The molecule has 134 valence electrons. The first-order valence-electron chi connectivity index (χ1n) is 7.40. The Morgan fingerprint density at radius 3 is 2.58 bits per heavy atom. The fourth-order valence-corrected chi connectivity index (χ4v) is 2.78. The molecular formula is C17H12F3IN4O. The molecule has 0 atom stereocenters. The van der Waals surface area contributed by atoms with Gasteiger partial charge in [-0.2, -0.15) is 13.2 Å². The molecule has 0 saturated heterocycles. The van der Waals surface area contributed by atoms with E-state index in [9.17, 15) is 18.0 Å². The van der Waals surface area contributed by atoms with Crippen LogP contribution < -0.4 is 5.32 Å². The van der Waals surface area contributed by atoms with E-state index in [1.807, 2.05) is 6.92 Å². The molecular weight excluding hydrogens is 460 g/mol. The number of hydrogen-bond acceptors (Lipinski definition) is 3. The summed E-state index contributed by atoms with van der Waals surface area (Å²) in [6.45, 7) is 1.90. The summed E-state index contributed by atoms with van der Waals surface area (Å²) >= 11 is 2.10. The quantitative estimate of drug-likeness (QED) is 0.574. The van der Waals surface area contributed by atoms with Crippen LogP contribution in [0.3, 0.4) is 0 Å². The Kier molecular flexibility index (Phi) is 4.99. The van der Waals surface area contributed by atoms with Crippen molar-refractivity contribution in [2.45, 2.75) is 13.1 Å². The highest BCUT2D eigenvalue weighted by atomic mass is 127. The third-order valence-corrected chi connectivity index (χ3v) is 4.79. The van der Waals surface area contributed by atoms with E-state index < -0.39 is 17.6 Å². The maximum atomic E-state index is 13.2. The molecule has 0 bridgehead atoms. The summed E-state index contributed by atoms with van der Waals surface area (Å²) in [5.41, 5.74) is 0.644. The minimum atomic E-state index is -4.56. The molecule has 1 heterocycles. The summed E-state index contributed by atoms with van der Waals surface area (Å²) in [4.78, 5) is 12.4. The highest BCUT2D eigenvalue weighted by Gasteiger charge is 2.31. The molecule has 0 saturated carbocycles. The van der Waals surface area contributed by atoms with Gasteiger partial charge in [0.2, 0.25) is 0 Å². The molecule has 9 heteroatoms. The van der Waals surface area contributed by atoms with Crippen LogP contribution in [-0.4, -0.2) is 20.9 Å². The van der Waals surface area contributed by atoms with Gasteiger partial charge in [-0.15, -0.1) is 5.10 Å². The predicted molar refractivity (Wildman–Crippen MR) is 98.2 cm³/mol. The van der Waals surface area contributed by atoms with Gasteiger partial charge in [0.25, 0.3) is 5.91 Å². The van der Waals surface area contributed by atoms with Gasteiger partial charge in [-0.05, 0) is 65.4 Å². The van der Waals surface area contributed by atoms with Crippen molar-refractivity contribution in [3.05, 3.63) is 69.1 Å². The largest absolute Gasteiger partial charge is 0.416 e. The fraction of sp³-hybridized carbons (Fsp3) is 0.118. The molecule has 0 fully saturated rings. The molecule has 1 amide bonds. The van der Waals surface area contributed by atoms with Crippen molar-refractivity contribution in [1.82, 2.24) is 15.0 Å². The highest BCUT2D eigenvalue weighted by molar-refractivity contribution is 14.1. The van der Waals surface area contributed by atoms with Gasteiger partial charge in [0.1, 0.15) is 0 Å². The number of aryl methyl sites for hydroxylation is 1. The minimum absolute atomic E-state index is 0.0194. The van der Waals surface area contributed by atoms with Crippen LogP contribution in [-0.2, 0) is 6.18 Å². The Hall–Kier alpha value is -2.43. The normalized spacial score (nSPS) is 11.4. The van der Waals surface area contributed by atoms with Crippen LogP contribution in [0.2, 0.25) is 0 Å². The topological polar surface area (TPSA) is 59.8 Å². The number of benzene rings is 2. The van der Waals surface area contributed by atoms with Crippen LogP contribution in [0.5, 0.6) is 0 Å². The zero-order chi connectivity index (χ0) is 18.9. The molecule has 3 rings (SSSR count). The van der Waals surface area contributed by atoms with Crippen LogP contribution in [0, 0.1) is 10.5 Å². The standard InChI is InChI=1S/C17H12F3IN4O/c1-10-2-3-11(6-15(10)21)16(26)23-13-7-12(17(18,19)20)8-14(9-13)25-5-4-22-24-25/h2-9H,1H3,(H,23,26). The van der Waals surface area contributed by atoms with Gasteiger partial charge in [0.15, 0.2) is 0 Å². The maximum absolute atomic E-state index is 13.2. The number of carbonyl (C=O) groups is 1. The lowest BCUT2D eigenvalue weighted by atomic mass is 10.1. The number of hydrogen-bond donors (Lipinski definition) is 1. The predicted octanol–water partition coefficient (Wildman–Crippen LogP) is 4.45. The monoisotopic (exact) mass is 472 g/mol. The van der Waals surface area contributed by atoms with E-state index >= 15 is 0 Å². The zero-order valence-electron chi connectivity index (χ0n) is 13.4. The molecule has 5 nitrogen and oxygen atoms in total. The molecule has 26 heavy (non-hydrogen) atoms. The van der Waals surface area contributed by atoms with Gasteiger partial charge in [-0.25, -0.2) is 4.68 Å². The van der Waals surface area contributed by atoms with Gasteiger partial charge in [0, 0.05) is 14.8 Å². The number of anilines is 1. The number of nitrogens with zero attached hydrogens (tertiary/aromatic N) is 3. The smallest absolute Gasteiger partial charge is 0.322 e. The lowest BCUT2D eigenvalue weighted by Gasteiger charge is -2.13. The van der Waals surface area contributed by atoms with Gasteiger partial charge in [-0.3, -0.25) is 4.79 Å². The Labute approximate surface area is 160 Å². The molecule has 0 aliphatic rings. The Bertz CT molecular complexity index is 955. The Balaban J connectivity index is 1.97. The first-order chi connectivity index (χ1) is 12.2. The summed E-state index contributed by atoms with van der Waals surface area (Å²) in [5, 5.41) is 9.80. The van der Waals surface area contributed by atoms with E-state index in [0.717, 1.165) is 21.3 Å². The number of aromatic nitrogens is 3. The second-order valence-corrected chi connectivity index (χ2v) is 6.69. The van der Waals surface area contributed by atoms with Crippen molar-refractivity contribution in [2.75, 3.05) is 5.32 Å². The van der Waals surface area contributed by atoms with E-state index in [0.29, 0.717) is 5.56 Å². The van der Waals surface area contributed by atoms with Crippen molar-refractivity contribution in [1.29, 1.82) is 0 Å². The number of halogens is 4. The van der Waals surface area contributed by atoms with Gasteiger partial charge < -0.3 is 5.32 Å². The van der Waals surface area contributed by atoms with Crippen LogP contribution in [0.25, 0.3) is 5.69 Å². The second-order valence-electron chi connectivity index (χ2n) is 5.53. The molecule has 2 aromatic carbocycles. The third-order valence-electron chi connectivity index (χ3n) is 3.62. The summed E-state index contributed by atoms with van der Waals surface area (Å²) in [6.07, 6.45) is -1.79. The Morgan fingerprint density at radius 1 is 1.19 bits per heavy atom. The number of nitrogens with one attached hydrogen (secondary N) is 1. The average molecular weight is 472 g/mol. The van der Waals surface area contributed by atoms with Crippen LogP contribution in [0.1, 0.15) is 21.5 Å². The van der Waals surface area contributed by atoms with E-state index in [4.69, 9.17) is 0 Å². The molecule has 0 aliphatic carbocycles.